The molecule has 5 nitrogen and oxygen atoms in total. The van der Waals surface area contributed by atoms with E-state index in [4.69, 9.17) is 19.4 Å². The van der Waals surface area contributed by atoms with Gasteiger partial charge in [0.2, 0.25) is 0 Å². The van der Waals surface area contributed by atoms with Gasteiger partial charge < -0.3 is 4.42 Å². The molecule has 0 bridgehead atoms. The van der Waals surface area contributed by atoms with Crippen molar-refractivity contribution in [2.75, 3.05) is 0 Å². The molecule has 0 atom stereocenters. The topological polar surface area (TPSA) is 64.7 Å². The Morgan fingerprint density at radius 1 is 0.377 bits per heavy atom. The summed E-state index contributed by atoms with van der Waals surface area (Å²) in [6.07, 6.45) is 3.68. The van der Waals surface area contributed by atoms with Crippen molar-refractivity contribution in [3.8, 4) is 67.4 Å². The fraction of sp³-hybridized carbons (Fsp3) is 0. The van der Waals surface area contributed by atoms with Crippen LogP contribution in [-0.4, -0.2) is 19.9 Å². The molecule has 248 valence electrons. The summed E-state index contributed by atoms with van der Waals surface area (Å²) in [5.41, 5.74) is 13.0. The van der Waals surface area contributed by atoms with Crippen LogP contribution in [0.3, 0.4) is 0 Å². The van der Waals surface area contributed by atoms with Gasteiger partial charge in [-0.15, -0.1) is 0 Å². The maximum atomic E-state index is 6.49. The van der Waals surface area contributed by atoms with E-state index in [9.17, 15) is 0 Å². The lowest BCUT2D eigenvalue weighted by Gasteiger charge is -2.14. The van der Waals surface area contributed by atoms with Crippen LogP contribution in [0.25, 0.3) is 100 Å². The molecule has 4 aromatic heterocycles. The molecule has 0 aliphatic heterocycles. The molecule has 0 saturated heterocycles. The Hall–Kier alpha value is -7.24. The summed E-state index contributed by atoms with van der Waals surface area (Å²) in [5, 5.41) is 3.37. The van der Waals surface area contributed by atoms with E-state index in [0.29, 0.717) is 5.82 Å². The first kappa shape index (κ1) is 30.6. The minimum atomic E-state index is 0.628. The highest BCUT2D eigenvalue weighted by Gasteiger charge is 2.18. The second-order valence-corrected chi connectivity index (χ2v) is 13.1. The van der Waals surface area contributed by atoms with E-state index in [0.717, 1.165) is 83.7 Å². The maximum absolute atomic E-state index is 6.49. The normalized spacial score (nSPS) is 11.4. The van der Waals surface area contributed by atoms with Gasteiger partial charge >= 0.3 is 0 Å². The minimum Gasteiger partial charge on any atom is -0.454 e. The van der Waals surface area contributed by atoms with Gasteiger partial charge in [-0.1, -0.05) is 103 Å². The summed E-state index contributed by atoms with van der Waals surface area (Å²) in [6.45, 7) is 0. The number of benzene rings is 6. The summed E-state index contributed by atoms with van der Waals surface area (Å²) in [4.78, 5) is 19.9. The van der Waals surface area contributed by atoms with Crippen LogP contribution in [-0.2, 0) is 0 Å². The average Bonchev–Trinajstić information content (AvgIpc) is 3.63. The van der Waals surface area contributed by atoms with Crippen LogP contribution in [0.5, 0.6) is 0 Å². The Labute approximate surface area is 305 Å². The van der Waals surface area contributed by atoms with E-state index in [2.05, 4.69) is 114 Å². The molecule has 0 unspecified atom stereocenters. The van der Waals surface area contributed by atoms with Gasteiger partial charge in [-0.25, -0.2) is 9.97 Å². The van der Waals surface area contributed by atoms with Gasteiger partial charge in [-0.3, -0.25) is 9.97 Å². The molecule has 5 heteroatoms. The van der Waals surface area contributed by atoms with E-state index in [-0.39, 0.29) is 0 Å². The number of pyridine rings is 2. The lowest BCUT2D eigenvalue weighted by molar-refractivity contribution is 0.669. The predicted molar refractivity (Wildman–Crippen MR) is 215 cm³/mol. The second kappa shape index (κ2) is 12.8. The molecule has 6 aromatic carbocycles. The number of furan rings is 1. The van der Waals surface area contributed by atoms with Gasteiger partial charge in [-0.05, 0) is 94.2 Å². The summed E-state index contributed by atoms with van der Waals surface area (Å²) < 4.78 is 6.49. The molecule has 10 aromatic rings. The van der Waals surface area contributed by atoms with E-state index >= 15 is 0 Å². The first-order valence-corrected chi connectivity index (χ1v) is 17.6. The van der Waals surface area contributed by atoms with Crippen LogP contribution in [0.1, 0.15) is 0 Å². The summed E-state index contributed by atoms with van der Waals surface area (Å²) in [5.74, 6) is 0.628. The minimum absolute atomic E-state index is 0.628. The van der Waals surface area contributed by atoms with E-state index in [1.54, 1.807) is 0 Å². The van der Waals surface area contributed by atoms with Gasteiger partial charge in [0.05, 0.1) is 17.1 Å². The zero-order valence-electron chi connectivity index (χ0n) is 28.5. The largest absolute Gasteiger partial charge is 0.454 e. The maximum Gasteiger partial charge on any atom is 0.161 e. The number of fused-ring (bicyclic) bond motifs is 4. The first-order chi connectivity index (χ1) is 26.2. The fourth-order valence-corrected chi connectivity index (χ4v) is 7.13. The van der Waals surface area contributed by atoms with Crippen molar-refractivity contribution >= 4 is 32.8 Å². The van der Waals surface area contributed by atoms with Crippen molar-refractivity contribution in [3.05, 3.63) is 182 Å². The Bertz CT molecular complexity index is 2950. The van der Waals surface area contributed by atoms with E-state index < -0.39 is 0 Å². The van der Waals surface area contributed by atoms with Crippen LogP contribution < -0.4 is 0 Å². The molecule has 0 saturated carbocycles. The standard InChI is InChI=1S/C48H30N4O/c1-2-12-32(13-3-1)43-30-44(36-16-10-15-35(26-36)42-18-8-9-23-49-42)52-48(51-43)39-28-37(34-21-20-31-11-4-5-14-33(31)25-34)27-38(29-39)40-22-24-50-46-41-17-6-7-19-45(41)53-47(40)46/h1-30H. The Morgan fingerprint density at radius 3 is 1.94 bits per heavy atom. The van der Waals surface area contributed by atoms with Crippen LogP contribution in [0.4, 0.5) is 0 Å². The molecule has 0 N–H and O–H groups in total. The molecule has 0 aliphatic rings. The van der Waals surface area contributed by atoms with Gasteiger partial charge in [-0.2, -0.15) is 0 Å². The smallest absolute Gasteiger partial charge is 0.161 e. The number of nitrogens with zero attached hydrogens (tertiary/aromatic N) is 4. The van der Waals surface area contributed by atoms with Crippen molar-refractivity contribution < 1.29 is 4.42 Å². The summed E-state index contributed by atoms with van der Waals surface area (Å²) >= 11 is 0. The van der Waals surface area contributed by atoms with E-state index in [1.807, 2.05) is 73.1 Å². The predicted octanol–water partition coefficient (Wildman–Crippen LogP) is 12.3. The van der Waals surface area contributed by atoms with Crippen LogP contribution in [0.2, 0.25) is 0 Å². The molecule has 0 spiro atoms. The molecule has 4 heterocycles. The number of aromatic nitrogens is 4. The van der Waals surface area contributed by atoms with Crippen LogP contribution >= 0.6 is 0 Å². The molecule has 53 heavy (non-hydrogen) atoms. The third-order valence-corrected chi connectivity index (χ3v) is 9.76. The van der Waals surface area contributed by atoms with Gasteiger partial charge in [0, 0.05) is 45.6 Å². The van der Waals surface area contributed by atoms with Gasteiger partial charge in [0.25, 0.3) is 0 Å². The lowest BCUT2D eigenvalue weighted by Crippen LogP contribution is -1.97. The quantitative estimate of drug-likeness (QED) is 0.175. The average molecular weight is 679 g/mol. The number of rotatable bonds is 6. The Balaban J connectivity index is 1.21. The summed E-state index contributed by atoms with van der Waals surface area (Å²) in [6, 6.07) is 58.5. The van der Waals surface area contributed by atoms with Crippen molar-refractivity contribution in [3.63, 3.8) is 0 Å². The van der Waals surface area contributed by atoms with E-state index in [1.165, 1.54) is 10.8 Å². The molecular weight excluding hydrogens is 649 g/mol. The van der Waals surface area contributed by atoms with Crippen molar-refractivity contribution in [1.82, 2.24) is 19.9 Å². The number of hydrogen-bond donors (Lipinski definition) is 0. The Morgan fingerprint density at radius 2 is 1.08 bits per heavy atom. The first-order valence-electron chi connectivity index (χ1n) is 17.6. The van der Waals surface area contributed by atoms with Crippen molar-refractivity contribution in [1.29, 1.82) is 0 Å². The third kappa shape index (κ3) is 5.71. The SMILES string of the molecule is c1ccc(-c2cc(-c3cccc(-c4ccccn4)c3)nc(-c3cc(-c4ccc5ccccc5c4)cc(-c4ccnc5c4oc4ccccc45)c3)n2)cc1. The van der Waals surface area contributed by atoms with Gasteiger partial charge in [0.1, 0.15) is 11.1 Å². The molecule has 0 aliphatic carbocycles. The second-order valence-electron chi connectivity index (χ2n) is 13.1. The molecule has 10 rings (SSSR count). The zero-order chi connectivity index (χ0) is 35.1. The number of para-hydroxylation sites is 1. The molecular formula is C48H30N4O. The van der Waals surface area contributed by atoms with Crippen molar-refractivity contribution in [2.24, 2.45) is 0 Å². The highest BCUT2D eigenvalue weighted by molar-refractivity contribution is 6.07. The molecule has 0 fully saturated rings. The highest BCUT2D eigenvalue weighted by atomic mass is 16.3. The highest BCUT2D eigenvalue weighted by Crippen LogP contribution is 2.39. The lowest BCUT2D eigenvalue weighted by atomic mass is 9.94. The fourth-order valence-electron chi connectivity index (χ4n) is 7.13. The Kier molecular flexibility index (Phi) is 7.40. The number of hydrogen-bond acceptors (Lipinski definition) is 5. The summed E-state index contributed by atoms with van der Waals surface area (Å²) in [7, 11) is 0. The van der Waals surface area contributed by atoms with Crippen LogP contribution in [0.15, 0.2) is 187 Å². The third-order valence-electron chi connectivity index (χ3n) is 9.76. The van der Waals surface area contributed by atoms with Crippen LogP contribution in [0, 0.1) is 0 Å². The molecule has 0 amide bonds. The van der Waals surface area contributed by atoms with Gasteiger partial charge in [0.15, 0.2) is 11.4 Å². The zero-order valence-corrected chi connectivity index (χ0v) is 28.5. The van der Waals surface area contributed by atoms with Crippen molar-refractivity contribution in [2.45, 2.75) is 0 Å². The monoisotopic (exact) mass is 678 g/mol. The molecule has 0 radical (unpaired) electrons.